The van der Waals surface area contributed by atoms with Crippen LogP contribution in [0, 0.1) is 0 Å². The monoisotopic (exact) mass is 380 g/mol. The molecule has 3 aromatic rings. The molecule has 6 heteroatoms. The Bertz CT molecular complexity index is 853. The van der Waals surface area contributed by atoms with Crippen LogP contribution in [0.25, 0.3) is 10.2 Å². The minimum atomic E-state index is 0.290. The zero-order valence-corrected chi connectivity index (χ0v) is 15.9. The fraction of sp³-hybridized carbons (Fsp3) is 0.333. The van der Waals surface area contributed by atoms with Gasteiger partial charge in [0.15, 0.2) is 0 Å². The van der Waals surface area contributed by atoms with Crippen molar-refractivity contribution >= 4 is 28.0 Å². The van der Waals surface area contributed by atoms with E-state index in [0.29, 0.717) is 5.19 Å². The van der Waals surface area contributed by atoms with Crippen LogP contribution in [-0.4, -0.2) is 42.0 Å². The van der Waals surface area contributed by atoms with Gasteiger partial charge in [-0.25, -0.2) is 4.98 Å². The third-order valence-electron chi connectivity index (χ3n) is 4.97. The van der Waals surface area contributed by atoms with Crippen molar-refractivity contribution in [3.8, 4) is 10.9 Å². The van der Waals surface area contributed by atoms with Gasteiger partial charge in [0.05, 0.1) is 10.2 Å². The lowest BCUT2D eigenvalue weighted by atomic mass is 10.0. The van der Waals surface area contributed by atoms with Crippen molar-refractivity contribution in [1.29, 1.82) is 0 Å². The van der Waals surface area contributed by atoms with Gasteiger partial charge in [0, 0.05) is 25.7 Å². The molecule has 5 nitrogen and oxygen atoms in total. The van der Waals surface area contributed by atoms with Crippen molar-refractivity contribution in [1.82, 2.24) is 15.2 Å². The average Bonchev–Trinajstić information content (AvgIpc) is 3.11. The molecule has 4 rings (SSSR count). The fourth-order valence-corrected chi connectivity index (χ4v) is 4.23. The third kappa shape index (κ3) is 4.64. The first kappa shape index (κ1) is 17.9. The van der Waals surface area contributed by atoms with E-state index in [0.717, 1.165) is 54.9 Å². The quantitative estimate of drug-likeness (QED) is 0.634. The van der Waals surface area contributed by atoms with Gasteiger partial charge in [-0.1, -0.05) is 35.6 Å². The van der Waals surface area contributed by atoms with Crippen LogP contribution in [0.2, 0.25) is 0 Å². The molecule has 1 radical (unpaired) electrons. The molecular weight excluding hydrogens is 358 g/mol. The second-order valence-electron chi connectivity index (χ2n) is 6.81. The Morgan fingerprint density at radius 1 is 1.15 bits per heavy atom. The summed E-state index contributed by atoms with van der Waals surface area (Å²) in [4.78, 5) is 17.4. The number of benzene rings is 2. The first-order valence-electron chi connectivity index (χ1n) is 9.27. The highest BCUT2D eigenvalue weighted by Crippen LogP contribution is 2.31. The molecule has 1 N–H and O–H groups in total. The number of hydrogen-bond acceptors (Lipinski definition) is 5. The summed E-state index contributed by atoms with van der Waals surface area (Å²) in [5.74, 6) is 0.815. The number of piperidine rings is 1. The van der Waals surface area contributed by atoms with Gasteiger partial charge in [0.1, 0.15) is 5.75 Å². The van der Waals surface area contributed by atoms with Crippen LogP contribution < -0.4 is 10.1 Å². The number of rotatable bonds is 7. The zero-order valence-electron chi connectivity index (χ0n) is 15.1. The van der Waals surface area contributed by atoms with Gasteiger partial charge in [-0.3, -0.25) is 4.79 Å². The Kier molecular flexibility index (Phi) is 5.65. The number of para-hydroxylation sites is 1. The number of hydrogen-bond donors (Lipinski definition) is 1. The molecule has 0 aliphatic carbocycles. The Morgan fingerprint density at radius 3 is 2.67 bits per heavy atom. The maximum atomic E-state index is 10.4. The number of nitrogens with zero attached hydrogens (tertiary/aromatic N) is 2. The summed E-state index contributed by atoms with van der Waals surface area (Å²) < 4.78 is 7.04. The highest BCUT2D eigenvalue weighted by atomic mass is 32.1. The molecule has 2 aromatic carbocycles. The molecule has 1 aliphatic rings. The van der Waals surface area contributed by atoms with E-state index in [2.05, 4.69) is 33.4 Å². The number of carbonyl (C=O) groups excluding carboxylic acids is 1. The predicted molar refractivity (Wildman–Crippen MR) is 108 cm³/mol. The number of aromatic nitrogens is 1. The molecule has 0 spiro atoms. The zero-order chi connectivity index (χ0) is 18.5. The van der Waals surface area contributed by atoms with Gasteiger partial charge in [-0.05, 0) is 49.1 Å². The lowest BCUT2D eigenvalue weighted by molar-refractivity contribution is 0.208. The van der Waals surface area contributed by atoms with Crippen molar-refractivity contribution in [3.05, 3.63) is 54.1 Å². The van der Waals surface area contributed by atoms with E-state index in [1.54, 1.807) is 17.7 Å². The second kappa shape index (κ2) is 8.50. The van der Waals surface area contributed by atoms with E-state index in [-0.39, 0.29) is 6.04 Å². The van der Waals surface area contributed by atoms with E-state index in [4.69, 9.17) is 4.74 Å². The van der Waals surface area contributed by atoms with Gasteiger partial charge >= 0.3 is 6.41 Å². The summed E-state index contributed by atoms with van der Waals surface area (Å²) in [5.41, 5.74) is 2.27. The minimum absolute atomic E-state index is 0.290. The Balaban J connectivity index is 1.28. The van der Waals surface area contributed by atoms with Crippen LogP contribution in [-0.2, 0) is 11.2 Å². The number of ether oxygens (including phenoxy) is 1. The highest BCUT2D eigenvalue weighted by molar-refractivity contribution is 7.20. The molecule has 2 heterocycles. The smallest absolute Gasteiger partial charge is 0.309 e. The lowest BCUT2D eigenvalue weighted by Crippen LogP contribution is -2.42. The average molecular weight is 380 g/mol. The Labute approximate surface area is 163 Å². The minimum Gasteiger partial charge on any atom is -0.431 e. The third-order valence-corrected chi connectivity index (χ3v) is 5.88. The van der Waals surface area contributed by atoms with Crippen LogP contribution in [0.1, 0.15) is 18.4 Å². The van der Waals surface area contributed by atoms with Crippen LogP contribution in [0.3, 0.4) is 0 Å². The van der Waals surface area contributed by atoms with Crippen molar-refractivity contribution in [2.45, 2.75) is 25.3 Å². The number of fused-ring (bicyclic) bond motifs is 1. The summed E-state index contributed by atoms with van der Waals surface area (Å²) >= 11 is 1.56. The van der Waals surface area contributed by atoms with Gasteiger partial charge in [-0.2, -0.15) is 0 Å². The molecule has 0 atom stereocenters. The molecule has 1 saturated heterocycles. The lowest BCUT2D eigenvalue weighted by Gasteiger charge is -2.31. The van der Waals surface area contributed by atoms with E-state index in [1.165, 1.54) is 5.56 Å². The van der Waals surface area contributed by atoms with Crippen LogP contribution in [0.4, 0.5) is 0 Å². The van der Waals surface area contributed by atoms with Gasteiger partial charge in [0.25, 0.3) is 5.19 Å². The Morgan fingerprint density at radius 2 is 1.93 bits per heavy atom. The molecule has 1 aromatic heterocycles. The largest absolute Gasteiger partial charge is 0.431 e. The van der Waals surface area contributed by atoms with Gasteiger partial charge < -0.3 is 15.0 Å². The molecule has 1 fully saturated rings. The van der Waals surface area contributed by atoms with Crippen molar-refractivity contribution in [2.75, 3.05) is 19.6 Å². The second-order valence-corrected chi connectivity index (χ2v) is 7.80. The standard InChI is InChI=1S/C21H22N3O2S/c25-15-22-17-10-13-24(14-11-17)12-9-16-5-7-18(8-6-16)26-21-23-19-3-1-2-4-20(19)27-21/h1-8,17H,9-14H2,(H,22,25). The molecule has 1 amide bonds. The maximum Gasteiger partial charge on any atom is 0.309 e. The van der Waals surface area contributed by atoms with E-state index >= 15 is 0 Å². The molecule has 0 saturated carbocycles. The summed E-state index contributed by atoms with van der Waals surface area (Å²) in [6, 6.07) is 16.6. The summed E-state index contributed by atoms with van der Waals surface area (Å²) in [6.45, 7) is 3.09. The molecule has 0 bridgehead atoms. The topological polar surface area (TPSA) is 54.5 Å². The van der Waals surface area contributed by atoms with Crippen molar-refractivity contribution < 1.29 is 9.53 Å². The predicted octanol–water partition coefficient (Wildman–Crippen LogP) is 3.75. The van der Waals surface area contributed by atoms with Crippen molar-refractivity contribution in [2.24, 2.45) is 0 Å². The number of likely N-dealkylation sites (tertiary alicyclic amines) is 1. The van der Waals surface area contributed by atoms with Gasteiger partial charge in [0.2, 0.25) is 0 Å². The summed E-state index contributed by atoms with van der Waals surface area (Å²) in [5, 5.41) is 3.44. The van der Waals surface area contributed by atoms with Crippen LogP contribution in [0.5, 0.6) is 10.9 Å². The molecule has 139 valence electrons. The molecule has 0 unspecified atom stereocenters. The molecular formula is C21H22N3O2S. The number of nitrogens with one attached hydrogen (secondary N) is 1. The number of amides is 1. The summed E-state index contributed by atoms with van der Waals surface area (Å²) in [7, 11) is 0. The van der Waals surface area contributed by atoms with E-state index in [9.17, 15) is 4.79 Å². The molecule has 1 aliphatic heterocycles. The maximum absolute atomic E-state index is 10.4. The van der Waals surface area contributed by atoms with E-state index < -0.39 is 0 Å². The van der Waals surface area contributed by atoms with Crippen LogP contribution >= 0.6 is 11.3 Å². The van der Waals surface area contributed by atoms with Gasteiger partial charge in [-0.15, -0.1) is 0 Å². The molecule has 27 heavy (non-hydrogen) atoms. The van der Waals surface area contributed by atoms with Crippen LogP contribution in [0.15, 0.2) is 48.5 Å². The first-order chi connectivity index (χ1) is 13.3. The Hall–Kier alpha value is -2.44. The number of thiazole rings is 1. The highest BCUT2D eigenvalue weighted by Gasteiger charge is 2.18. The SMILES string of the molecule is O=[C]NC1CCN(CCc2ccc(Oc3nc4ccccc4s3)cc2)CC1. The van der Waals surface area contributed by atoms with E-state index in [1.807, 2.05) is 30.3 Å². The fourth-order valence-electron chi connectivity index (χ4n) is 3.39. The first-order valence-corrected chi connectivity index (χ1v) is 10.1. The summed E-state index contributed by atoms with van der Waals surface area (Å²) in [6.07, 6.45) is 4.83. The van der Waals surface area contributed by atoms with Crippen molar-refractivity contribution in [3.63, 3.8) is 0 Å². The normalized spacial score (nSPS) is 15.7.